The average Bonchev–Trinajstić information content (AvgIpc) is 3.57. The van der Waals surface area contributed by atoms with Gasteiger partial charge in [-0.05, 0) is 116 Å². The van der Waals surface area contributed by atoms with Crippen molar-refractivity contribution < 1.29 is 59.5 Å². The van der Waals surface area contributed by atoms with Gasteiger partial charge in [-0.2, -0.15) is 13.0 Å². The van der Waals surface area contributed by atoms with Crippen molar-refractivity contribution in [3.63, 3.8) is 0 Å². The van der Waals surface area contributed by atoms with Gasteiger partial charge in [0.2, 0.25) is 5.69 Å². The number of quaternary nitrogens is 2. The van der Waals surface area contributed by atoms with E-state index in [-0.39, 0.29) is 35.0 Å². The first-order valence-electron chi connectivity index (χ1n) is 23.6. The quantitative estimate of drug-likeness (QED) is 0.0599. The topological polar surface area (TPSA) is 175 Å². The third-order valence-corrected chi connectivity index (χ3v) is 15.8. The molecule has 2 atom stereocenters. The normalized spacial score (nSPS) is 20.5. The van der Waals surface area contributed by atoms with Gasteiger partial charge in [-0.25, -0.2) is 8.42 Å². The molecule has 69 heavy (non-hydrogen) atoms. The molecule has 3 aliphatic rings. The largest absolute Gasteiger partial charge is 0.481 e. The number of carboxylic acids is 2. The van der Waals surface area contributed by atoms with Gasteiger partial charge in [0.25, 0.3) is 10.1 Å². The van der Waals surface area contributed by atoms with Gasteiger partial charge in [0.05, 0.1) is 82.9 Å². The number of rotatable bonds is 19. The SMILES string of the molecule is CC1(C)C(/C=C/C2=C(Oc3ccc(CCC(=O)O)cc3)C(=C/C=C3/C(CCC[N+](C)(C)C)c4ccc(S(C)(=O)=O)cc4C3(C)C)/CC(C(=O)O)C2)=[N+](CCC[N+](C)(C)C)c2ccc(S(=O)(=O)O)cc21. The highest BCUT2D eigenvalue weighted by Crippen LogP contribution is 2.53. The number of nitrogens with zero attached hydrogens (tertiary/aromatic N) is 3. The number of benzene rings is 3. The van der Waals surface area contributed by atoms with E-state index in [4.69, 9.17) is 4.74 Å². The summed E-state index contributed by atoms with van der Waals surface area (Å²) in [6.45, 7) is 10.7. The zero-order chi connectivity index (χ0) is 51.1. The second-order valence-corrected chi connectivity index (χ2v) is 25.6. The number of sulfone groups is 1. The van der Waals surface area contributed by atoms with Crippen molar-refractivity contribution in [1.29, 1.82) is 0 Å². The van der Waals surface area contributed by atoms with Crippen LogP contribution in [0.2, 0.25) is 0 Å². The third-order valence-electron chi connectivity index (χ3n) is 13.8. The van der Waals surface area contributed by atoms with Crippen LogP contribution in [0.1, 0.15) is 94.4 Å². The molecule has 372 valence electrons. The van der Waals surface area contributed by atoms with Crippen LogP contribution in [0.25, 0.3) is 0 Å². The monoisotopic (exact) mass is 986 g/mol. The maximum atomic E-state index is 13.1. The van der Waals surface area contributed by atoms with E-state index in [9.17, 15) is 41.2 Å². The van der Waals surface area contributed by atoms with Crippen LogP contribution in [0.15, 0.2) is 117 Å². The van der Waals surface area contributed by atoms with Gasteiger partial charge in [0.1, 0.15) is 11.5 Å². The molecule has 0 bridgehead atoms. The third kappa shape index (κ3) is 12.6. The summed E-state index contributed by atoms with van der Waals surface area (Å²) in [7, 11) is 4.88. The molecule has 2 unspecified atom stereocenters. The predicted octanol–water partition coefficient (Wildman–Crippen LogP) is 8.62. The molecule has 13 nitrogen and oxygen atoms in total. The number of carboxylic acid groups (broad SMARTS) is 2. The van der Waals surface area contributed by atoms with Crippen molar-refractivity contribution in [2.45, 2.75) is 99.2 Å². The highest BCUT2D eigenvalue weighted by atomic mass is 32.2. The zero-order valence-electron chi connectivity index (χ0n) is 42.2. The van der Waals surface area contributed by atoms with Crippen molar-refractivity contribution in [3.05, 3.63) is 130 Å². The summed E-state index contributed by atoms with van der Waals surface area (Å²) < 4.78 is 71.0. The van der Waals surface area contributed by atoms with Gasteiger partial charge in [-0.1, -0.05) is 49.8 Å². The van der Waals surface area contributed by atoms with Crippen molar-refractivity contribution in [1.82, 2.24) is 0 Å². The molecule has 3 N–H and O–H groups in total. The summed E-state index contributed by atoms with van der Waals surface area (Å²) in [6, 6.07) is 17.4. The van der Waals surface area contributed by atoms with Crippen molar-refractivity contribution in [2.24, 2.45) is 5.92 Å². The summed E-state index contributed by atoms with van der Waals surface area (Å²) in [5.41, 5.74) is 6.36. The predicted molar refractivity (Wildman–Crippen MR) is 270 cm³/mol. The molecule has 15 heteroatoms. The van der Waals surface area contributed by atoms with Crippen molar-refractivity contribution in [3.8, 4) is 5.75 Å². The Hall–Kier alpha value is -5.19. The van der Waals surface area contributed by atoms with E-state index in [0.29, 0.717) is 35.6 Å². The summed E-state index contributed by atoms with van der Waals surface area (Å²) >= 11 is 0. The lowest BCUT2D eigenvalue weighted by atomic mass is 9.78. The fraction of sp³-hybridized carbons (Fsp3) is 0.463. The Morgan fingerprint density at radius 2 is 1.41 bits per heavy atom. The van der Waals surface area contributed by atoms with E-state index in [0.717, 1.165) is 80.5 Å². The van der Waals surface area contributed by atoms with Gasteiger partial charge in [-0.15, -0.1) is 0 Å². The molecule has 2 aliphatic carbocycles. The molecule has 1 heterocycles. The number of hydrogen-bond acceptors (Lipinski definition) is 7. The fourth-order valence-electron chi connectivity index (χ4n) is 10.1. The first-order valence-corrected chi connectivity index (χ1v) is 27.0. The number of allylic oxidation sites excluding steroid dienone is 7. The van der Waals surface area contributed by atoms with Crippen molar-refractivity contribution >= 4 is 43.3 Å². The average molecular weight is 987 g/mol. The molecular formula is C54H72N3O10S2+3. The van der Waals surface area contributed by atoms with Crippen LogP contribution in [-0.4, -0.2) is 131 Å². The van der Waals surface area contributed by atoms with Crippen LogP contribution < -0.4 is 4.74 Å². The minimum absolute atomic E-state index is 0.0208. The first kappa shape index (κ1) is 53.2. The van der Waals surface area contributed by atoms with E-state index < -0.39 is 48.6 Å². The van der Waals surface area contributed by atoms with Gasteiger partial charge < -0.3 is 23.9 Å². The van der Waals surface area contributed by atoms with Gasteiger partial charge in [0.15, 0.2) is 22.1 Å². The standard InChI is InChI=1S/C54H69N3O10S2/c1-53(2)45(43(14-12-30-56(5,6)7)44-24-22-41(34-46(44)53)68(11,62)63)25-18-37-32-39(52(60)61)33-38(51(37)67-40-20-15-36(16-21-40)17-28-50(58)59)19-27-49-54(3,4)47-35-42(69(64,65)66)23-26-48(47)55(49)29-13-31-57(8,9)10/h15-16,18-27,34-35,39,43H,12-14,17,28-33H2,1-11H3/p+3/b27-19+,37-18+,45-25-. The van der Waals surface area contributed by atoms with Gasteiger partial charge in [-0.3, -0.25) is 14.1 Å². The van der Waals surface area contributed by atoms with Crippen LogP contribution in [-0.2, 0) is 46.8 Å². The molecule has 6 rings (SSSR count). The van der Waals surface area contributed by atoms with Crippen molar-refractivity contribution in [2.75, 3.05) is 68.2 Å². The summed E-state index contributed by atoms with van der Waals surface area (Å²) in [6.07, 6.45) is 12.4. The van der Waals surface area contributed by atoms with E-state index in [1.807, 2.05) is 50.3 Å². The first-order chi connectivity index (χ1) is 31.9. The zero-order valence-corrected chi connectivity index (χ0v) is 43.8. The Kier molecular flexibility index (Phi) is 15.3. The molecule has 0 saturated carbocycles. The number of ether oxygens (including phenoxy) is 1. The van der Waals surface area contributed by atoms with E-state index in [1.54, 1.807) is 30.3 Å². The Balaban J connectivity index is 1.54. The van der Waals surface area contributed by atoms with Crippen LogP contribution in [0.3, 0.4) is 0 Å². The highest BCUT2D eigenvalue weighted by Gasteiger charge is 2.46. The summed E-state index contributed by atoms with van der Waals surface area (Å²) in [5.74, 6) is -1.70. The molecule has 0 amide bonds. The van der Waals surface area contributed by atoms with E-state index in [2.05, 4.69) is 66.8 Å². The molecule has 0 saturated heterocycles. The lowest BCUT2D eigenvalue weighted by molar-refractivity contribution is -0.871. The lowest BCUT2D eigenvalue weighted by Gasteiger charge is -2.28. The van der Waals surface area contributed by atoms with Crippen LogP contribution >= 0.6 is 0 Å². The molecule has 1 aliphatic heterocycles. The number of carbonyl (C=O) groups is 2. The van der Waals surface area contributed by atoms with Gasteiger partial charge >= 0.3 is 11.9 Å². The Morgan fingerprint density at radius 1 is 0.783 bits per heavy atom. The van der Waals surface area contributed by atoms with Crippen LogP contribution in [0.4, 0.5) is 5.69 Å². The smallest absolute Gasteiger partial charge is 0.307 e. The summed E-state index contributed by atoms with van der Waals surface area (Å²) in [4.78, 5) is 24.5. The second-order valence-electron chi connectivity index (χ2n) is 22.1. The van der Waals surface area contributed by atoms with E-state index >= 15 is 0 Å². The molecule has 0 radical (unpaired) electrons. The number of fused-ring (bicyclic) bond motifs is 2. The minimum atomic E-state index is -4.49. The molecule has 3 aromatic rings. The Labute approximate surface area is 409 Å². The molecule has 0 fully saturated rings. The lowest BCUT2D eigenvalue weighted by Crippen LogP contribution is -2.36. The molecule has 0 aromatic heterocycles. The molecular weight excluding hydrogens is 915 g/mol. The number of hydrogen-bond donors (Lipinski definition) is 3. The van der Waals surface area contributed by atoms with Crippen LogP contribution in [0, 0.1) is 5.92 Å². The maximum absolute atomic E-state index is 13.1. The Morgan fingerprint density at radius 3 is 2.00 bits per heavy atom. The van der Waals surface area contributed by atoms with Gasteiger partial charge in [0, 0.05) is 41.7 Å². The Bertz CT molecular complexity index is 2890. The second kappa shape index (κ2) is 19.9. The summed E-state index contributed by atoms with van der Waals surface area (Å²) in [5, 5.41) is 20.0. The molecule has 0 spiro atoms. The van der Waals surface area contributed by atoms with Crippen LogP contribution in [0.5, 0.6) is 5.75 Å². The minimum Gasteiger partial charge on any atom is -0.481 e. The van der Waals surface area contributed by atoms with E-state index in [1.165, 1.54) is 18.4 Å². The highest BCUT2D eigenvalue weighted by molar-refractivity contribution is 7.90. The molecule has 3 aromatic carbocycles. The number of aryl methyl sites for hydroxylation is 1. The number of aliphatic carboxylic acids is 2. The maximum Gasteiger partial charge on any atom is 0.307 e. The fourth-order valence-corrected chi connectivity index (χ4v) is 11.2.